The quantitative estimate of drug-likeness (QED) is 0.847. The first-order valence-electron chi connectivity index (χ1n) is 6.65. The van der Waals surface area contributed by atoms with Crippen LogP contribution in [0.25, 0.3) is 0 Å². The predicted octanol–water partition coefficient (Wildman–Crippen LogP) is 3.06. The second-order valence-electron chi connectivity index (χ2n) is 6.17. The second-order valence-corrected chi connectivity index (χ2v) is 7.03. The van der Waals surface area contributed by atoms with Crippen molar-refractivity contribution in [1.82, 2.24) is 5.32 Å². The van der Waals surface area contributed by atoms with Crippen LogP contribution in [0.4, 0.5) is 0 Å². The highest BCUT2D eigenvalue weighted by Gasteiger charge is 2.40. The minimum atomic E-state index is 0.130. The fraction of sp³-hybridized carbons (Fsp3) is 0.600. The molecule has 0 aromatic heterocycles. The summed E-state index contributed by atoms with van der Waals surface area (Å²) in [6, 6.07) is 8.47. The first kappa shape index (κ1) is 14.0. The molecule has 3 N–H and O–H groups in total. The third-order valence-electron chi connectivity index (χ3n) is 4.06. The van der Waals surface area contributed by atoms with Crippen molar-refractivity contribution in [3.63, 3.8) is 0 Å². The fourth-order valence-corrected chi connectivity index (χ4v) is 3.20. The molecule has 18 heavy (non-hydrogen) atoms. The SMILES string of the molecule is CC(C)(CNCC1(CN)CC1)c1ccccc1Br. The van der Waals surface area contributed by atoms with Gasteiger partial charge in [-0.05, 0) is 36.4 Å². The molecule has 0 amide bonds. The zero-order valence-corrected chi connectivity index (χ0v) is 12.9. The van der Waals surface area contributed by atoms with Gasteiger partial charge in [-0.25, -0.2) is 0 Å². The molecule has 2 rings (SSSR count). The Labute approximate surface area is 118 Å². The van der Waals surface area contributed by atoms with Crippen LogP contribution < -0.4 is 11.1 Å². The van der Waals surface area contributed by atoms with E-state index in [0.717, 1.165) is 19.6 Å². The predicted molar refractivity (Wildman–Crippen MR) is 80.8 cm³/mol. The molecule has 0 aliphatic heterocycles. The monoisotopic (exact) mass is 310 g/mol. The van der Waals surface area contributed by atoms with E-state index < -0.39 is 0 Å². The first-order valence-corrected chi connectivity index (χ1v) is 7.44. The van der Waals surface area contributed by atoms with Crippen molar-refractivity contribution in [1.29, 1.82) is 0 Å². The van der Waals surface area contributed by atoms with E-state index in [9.17, 15) is 0 Å². The van der Waals surface area contributed by atoms with Crippen LogP contribution >= 0.6 is 15.9 Å². The molecule has 1 aromatic rings. The van der Waals surface area contributed by atoms with Gasteiger partial charge in [0, 0.05) is 23.0 Å². The van der Waals surface area contributed by atoms with Gasteiger partial charge in [-0.3, -0.25) is 0 Å². The topological polar surface area (TPSA) is 38.0 Å². The Morgan fingerprint density at radius 3 is 2.56 bits per heavy atom. The minimum Gasteiger partial charge on any atom is -0.330 e. The Hall–Kier alpha value is -0.380. The van der Waals surface area contributed by atoms with E-state index in [1.54, 1.807) is 0 Å². The second kappa shape index (κ2) is 5.32. The molecule has 1 aliphatic carbocycles. The van der Waals surface area contributed by atoms with Crippen LogP contribution in [-0.2, 0) is 5.41 Å². The van der Waals surface area contributed by atoms with Gasteiger partial charge in [0.15, 0.2) is 0 Å². The first-order chi connectivity index (χ1) is 8.49. The van der Waals surface area contributed by atoms with Crippen LogP contribution in [0.1, 0.15) is 32.3 Å². The van der Waals surface area contributed by atoms with Crippen LogP contribution in [0.15, 0.2) is 28.7 Å². The lowest BCUT2D eigenvalue weighted by Gasteiger charge is -2.28. The zero-order chi connectivity index (χ0) is 13.2. The lowest BCUT2D eigenvalue weighted by atomic mass is 9.84. The average Bonchev–Trinajstić information content (AvgIpc) is 3.10. The molecule has 0 bridgehead atoms. The summed E-state index contributed by atoms with van der Waals surface area (Å²) in [5.41, 5.74) is 7.70. The van der Waals surface area contributed by atoms with Crippen molar-refractivity contribution in [2.45, 2.75) is 32.1 Å². The Kier molecular flexibility index (Phi) is 4.15. The zero-order valence-electron chi connectivity index (χ0n) is 11.3. The third-order valence-corrected chi connectivity index (χ3v) is 4.75. The summed E-state index contributed by atoms with van der Waals surface area (Å²) >= 11 is 3.64. The highest BCUT2D eigenvalue weighted by Crippen LogP contribution is 2.43. The van der Waals surface area contributed by atoms with Crippen molar-refractivity contribution in [3.8, 4) is 0 Å². The van der Waals surface area contributed by atoms with E-state index in [0.29, 0.717) is 5.41 Å². The highest BCUT2D eigenvalue weighted by atomic mass is 79.9. The summed E-state index contributed by atoms with van der Waals surface area (Å²) in [4.78, 5) is 0. The standard InChI is InChI=1S/C15H23BrN2/c1-14(2,12-5-3-4-6-13(12)16)10-18-11-15(9-17)7-8-15/h3-6,18H,7-11,17H2,1-2H3. The molecule has 0 atom stereocenters. The van der Waals surface area contributed by atoms with Gasteiger partial charge >= 0.3 is 0 Å². The van der Waals surface area contributed by atoms with Crippen molar-refractivity contribution in [2.75, 3.05) is 19.6 Å². The molecule has 0 radical (unpaired) electrons. The summed E-state index contributed by atoms with van der Waals surface area (Å²) in [5.74, 6) is 0. The summed E-state index contributed by atoms with van der Waals surface area (Å²) in [7, 11) is 0. The van der Waals surface area contributed by atoms with E-state index in [1.807, 2.05) is 0 Å². The lowest BCUT2D eigenvalue weighted by molar-refractivity contribution is 0.409. The van der Waals surface area contributed by atoms with Gasteiger partial charge in [-0.2, -0.15) is 0 Å². The maximum Gasteiger partial charge on any atom is 0.0213 e. The van der Waals surface area contributed by atoms with Gasteiger partial charge in [0.2, 0.25) is 0 Å². The van der Waals surface area contributed by atoms with Crippen molar-refractivity contribution in [3.05, 3.63) is 34.3 Å². The molecular weight excluding hydrogens is 288 g/mol. The number of benzene rings is 1. The largest absolute Gasteiger partial charge is 0.330 e. The molecule has 0 heterocycles. The van der Waals surface area contributed by atoms with Gasteiger partial charge in [0.25, 0.3) is 0 Å². The summed E-state index contributed by atoms with van der Waals surface area (Å²) in [6.45, 7) is 7.41. The van der Waals surface area contributed by atoms with E-state index >= 15 is 0 Å². The maximum absolute atomic E-state index is 5.81. The molecular formula is C15H23BrN2. The van der Waals surface area contributed by atoms with Crippen molar-refractivity contribution in [2.24, 2.45) is 11.1 Å². The molecule has 0 saturated heterocycles. The van der Waals surface area contributed by atoms with E-state index in [1.165, 1.54) is 22.9 Å². The molecule has 0 spiro atoms. The van der Waals surface area contributed by atoms with Gasteiger partial charge < -0.3 is 11.1 Å². The third kappa shape index (κ3) is 3.14. The molecule has 100 valence electrons. The average molecular weight is 311 g/mol. The molecule has 1 aromatic carbocycles. The van der Waals surface area contributed by atoms with E-state index in [4.69, 9.17) is 5.73 Å². The van der Waals surface area contributed by atoms with Crippen LogP contribution in [-0.4, -0.2) is 19.6 Å². The van der Waals surface area contributed by atoms with Crippen LogP contribution in [0, 0.1) is 5.41 Å². The summed E-state index contributed by atoms with van der Waals surface area (Å²) in [5, 5.41) is 3.60. The molecule has 3 heteroatoms. The molecule has 1 aliphatic rings. The molecule has 0 unspecified atom stereocenters. The van der Waals surface area contributed by atoms with Gasteiger partial charge in [-0.1, -0.05) is 48.0 Å². The van der Waals surface area contributed by atoms with Crippen molar-refractivity contribution >= 4 is 15.9 Å². The van der Waals surface area contributed by atoms with Crippen LogP contribution in [0.3, 0.4) is 0 Å². The van der Waals surface area contributed by atoms with Crippen LogP contribution in [0.5, 0.6) is 0 Å². The Balaban J connectivity index is 1.93. The van der Waals surface area contributed by atoms with E-state index in [2.05, 4.69) is 59.4 Å². The number of nitrogens with two attached hydrogens (primary N) is 1. The normalized spacial score (nSPS) is 17.8. The lowest BCUT2D eigenvalue weighted by Crippen LogP contribution is -2.38. The summed E-state index contributed by atoms with van der Waals surface area (Å²) < 4.78 is 1.19. The Bertz CT molecular complexity index is 411. The minimum absolute atomic E-state index is 0.130. The number of hydrogen-bond donors (Lipinski definition) is 2. The Morgan fingerprint density at radius 1 is 1.33 bits per heavy atom. The van der Waals surface area contributed by atoms with E-state index in [-0.39, 0.29) is 5.41 Å². The number of nitrogens with one attached hydrogen (secondary N) is 1. The van der Waals surface area contributed by atoms with Gasteiger partial charge in [0.05, 0.1) is 0 Å². The number of hydrogen-bond acceptors (Lipinski definition) is 2. The molecule has 1 fully saturated rings. The Morgan fingerprint density at radius 2 is 2.00 bits per heavy atom. The fourth-order valence-electron chi connectivity index (χ4n) is 2.38. The number of rotatable bonds is 6. The number of halogens is 1. The molecule has 2 nitrogen and oxygen atoms in total. The van der Waals surface area contributed by atoms with Gasteiger partial charge in [0.1, 0.15) is 0 Å². The maximum atomic E-state index is 5.81. The van der Waals surface area contributed by atoms with Crippen LogP contribution in [0.2, 0.25) is 0 Å². The molecule has 1 saturated carbocycles. The van der Waals surface area contributed by atoms with Crippen molar-refractivity contribution < 1.29 is 0 Å². The van der Waals surface area contributed by atoms with Gasteiger partial charge in [-0.15, -0.1) is 0 Å². The summed E-state index contributed by atoms with van der Waals surface area (Å²) in [6.07, 6.45) is 2.57. The smallest absolute Gasteiger partial charge is 0.0213 e. The highest BCUT2D eigenvalue weighted by molar-refractivity contribution is 9.10.